The van der Waals surface area contributed by atoms with Gasteiger partial charge in [-0.3, -0.25) is 4.90 Å². The fourth-order valence-electron chi connectivity index (χ4n) is 3.01. The van der Waals surface area contributed by atoms with E-state index in [2.05, 4.69) is 21.6 Å². The second kappa shape index (κ2) is 7.43. The van der Waals surface area contributed by atoms with Crippen molar-refractivity contribution in [1.29, 1.82) is 0 Å². The quantitative estimate of drug-likeness (QED) is 0.772. The van der Waals surface area contributed by atoms with Crippen LogP contribution >= 0.6 is 0 Å². The van der Waals surface area contributed by atoms with Crippen LogP contribution in [0.4, 0.5) is 0 Å². The lowest BCUT2D eigenvalue weighted by molar-refractivity contribution is 0.112. The van der Waals surface area contributed by atoms with Crippen molar-refractivity contribution in [1.82, 2.24) is 14.7 Å². The van der Waals surface area contributed by atoms with E-state index in [1.807, 2.05) is 0 Å². The van der Waals surface area contributed by atoms with E-state index in [1.54, 1.807) is 0 Å². The number of hydrogen-bond donors (Lipinski definition) is 1. The van der Waals surface area contributed by atoms with Gasteiger partial charge in [-0.2, -0.15) is 0 Å². The number of likely N-dealkylation sites (tertiary alicyclic amines) is 1. The fraction of sp³-hybridized carbons (Fsp3) is 1.00. The van der Waals surface area contributed by atoms with E-state index in [9.17, 15) is 0 Å². The lowest BCUT2D eigenvalue weighted by Gasteiger charge is -2.36. The highest BCUT2D eigenvalue weighted by Crippen LogP contribution is 2.08. The minimum absolute atomic E-state index is 0.457. The fourth-order valence-corrected chi connectivity index (χ4v) is 3.01. The molecule has 0 aromatic carbocycles. The van der Waals surface area contributed by atoms with Crippen LogP contribution in [0, 0.1) is 0 Å². The third-order valence-corrected chi connectivity index (χ3v) is 4.37. The van der Waals surface area contributed by atoms with E-state index in [1.165, 1.54) is 78.2 Å². The van der Waals surface area contributed by atoms with Gasteiger partial charge in [0.15, 0.2) is 0 Å². The molecular formula is C14H30N4. The first-order valence-corrected chi connectivity index (χ1v) is 7.70. The van der Waals surface area contributed by atoms with Gasteiger partial charge < -0.3 is 15.5 Å². The molecule has 0 bridgehead atoms. The summed E-state index contributed by atoms with van der Waals surface area (Å²) in [4.78, 5) is 7.80. The molecule has 4 heteroatoms. The summed E-state index contributed by atoms with van der Waals surface area (Å²) in [6, 6.07) is 0.457. The van der Waals surface area contributed by atoms with E-state index in [-0.39, 0.29) is 0 Å². The Morgan fingerprint density at radius 1 is 0.778 bits per heavy atom. The Labute approximate surface area is 112 Å². The normalized spacial score (nSPS) is 25.7. The van der Waals surface area contributed by atoms with E-state index < -0.39 is 0 Å². The minimum atomic E-state index is 0.457. The first-order chi connectivity index (χ1) is 8.78. The van der Waals surface area contributed by atoms with E-state index >= 15 is 0 Å². The molecule has 2 saturated heterocycles. The number of piperazine rings is 1. The number of piperidine rings is 1. The summed E-state index contributed by atoms with van der Waals surface area (Å²) in [6.45, 7) is 13.5. The Hall–Kier alpha value is -0.160. The summed E-state index contributed by atoms with van der Waals surface area (Å²) in [5.41, 5.74) is 5.94. The first-order valence-electron chi connectivity index (χ1n) is 7.70. The molecule has 0 unspecified atom stereocenters. The number of nitrogens with zero attached hydrogens (tertiary/aromatic N) is 3. The van der Waals surface area contributed by atoms with Crippen molar-refractivity contribution in [2.45, 2.75) is 32.2 Å². The average Bonchev–Trinajstić information content (AvgIpc) is 2.40. The van der Waals surface area contributed by atoms with Crippen molar-refractivity contribution in [3.63, 3.8) is 0 Å². The molecule has 0 aromatic heterocycles. The second-order valence-corrected chi connectivity index (χ2v) is 5.86. The van der Waals surface area contributed by atoms with Gasteiger partial charge >= 0.3 is 0 Å². The number of nitrogens with two attached hydrogens (primary N) is 1. The topological polar surface area (TPSA) is 35.7 Å². The molecule has 2 aliphatic rings. The van der Waals surface area contributed by atoms with Gasteiger partial charge in [0, 0.05) is 45.3 Å². The summed E-state index contributed by atoms with van der Waals surface area (Å²) >= 11 is 0. The van der Waals surface area contributed by atoms with Crippen molar-refractivity contribution in [3.8, 4) is 0 Å². The molecule has 0 radical (unpaired) electrons. The van der Waals surface area contributed by atoms with Gasteiger partial charge in [-0.15, -0.1) is 0 Å². The maximum atomic E-state index is 5.94. The molecule has 0 amide bonds. The van der Waals surface area contributed by atoms with Crippen LogP contribution in [0.15, 0.2) is 0 Å². The van der Waals surface area contributed by atoms with Gasteiger partial charge in [-0.25, -0.2) is 0 Å². The predicted octanol–water partition coefficient (Wildman–Crippen LogP) is 0.437. The molecule has 106 valence electrons. The number of hydrogen-bond acceptors (Lipinski definition) is 4. The molecule has 0 aromatic rings. The van der Waals surface area contributed by atoms with Gasteiger partial charge in [0.1, 0.15) is 0 Å². The van der Waals surface area contributed by atoms with Crippen LogP contribution in [0.25, 0.3) is 0 Å². The lowest BCUT2D eigenvalue weighted by atomic mass is 10.1. The molecule has 18 heavy (non-hydrogen) atoms. The molecule has 0 atom stereocenters. The molecule has 2 aliphatic heterocycles. The largest absolute Gasteiger partial charge is 0.328 e. The van der Waals surface area contributed by atoms with Crippen LogP contribution < -0.4 is 5.73 Å². The summed E-state index contributed by atoms with van der Waals surface area (Å²) < 4.78 is 0. The highest BCUT2D eigenvalue weighted by atomic mass is 15.3. The molecule has 2 fully saturated rings. The highest BCUT2D eigenvalue weighted by molar-refractivity contribution is 4.76. The van der Waals surface area contributed by atoms with Crippen molar-refractivity contribution in [2.75, 3.05) is 58.9 Å². The van der Waals surface area contributed by atoms with Crippen molar-refractivity contribution < 1.29 is 0 Å². The van der Waals surface area contributed by atoms with Gasteiger partial charge in [0.25, 0.3) is 0 Å². The third-order valence-electron chi connectivity index (χ3n) is 4.37. The summed E-state index contributed by atoms with van der Waals surface area (Å²) in [5.74, 6) is 0. The van der Waals surface area contributed by atoms with Gasteiger partial charge in [-0.05, 0) is 38.9 Å². The number of rotatable bonds is 5. The van der Waals surface area contributed by atoms with Crippen LogP contribution in [-0.2, 0) is 0 Å². The predicted molar refractivity (Wildman–Crippen MR) is 76.8 cm³/mol. The van der Waals surface area contributed by atoms with Gasteiger partial charge in [0.2, 0.25) is 0 Å². The molecule has 0 saturated carbocycles. The molecule has 2 heterocycles. The molecule has 2 N–H and O–H groups in total. The SMILES string of the molecule is CCCN1CCN(CCN2CCC(N)CC2)CC1. The van der Waals surface area contributed by atoms with E-state index in [0.717, 1.165) is 0 Å². The van der Waals surface area contributed by atoms with E-state index in [0.29, 0.717) is 6.04 Å². The van der Waals surface area contributed by atoms with Crippen LogP contribution in [0.1, 0.15) is 26.2 Å². The van der Waals surface area contributed by atoms with Crippen molar-refractivity contribution >= 4 is 0 Å². The first kappa shape index (κ1) is 14.3. The molecular weight excluding hydrogens is 224 g/mol. The Morgan fingerprint density at radius 2 is 1.22 bits per heavy atom. The van der Waals surface area contributed by atoms with Crippen LogP contribution in [0.2, 0.25) is 0 Å². The van der Waals surface area contributed by atoms with Crippen LogP contribution in [0.3, 0.4) is 0 Å². The van der Waals surface area contributed by atoms with E-state index in [4.69, 9.17) is 5.73 Å². The second-order valence-electron chi connectivity index (χ2n) is 5.86. The zero-order valence-electron chi connectivity index (χ0n) is 12.0. The standard InChI is InChI=1S/C14H30N4/c1-2-5-16-8-11-18(12-9-16)13-10-17-6-3-14(15)4-7-17/h14H,2-13,15H2,1H3. The minimum Gasteiger partial charge on any atom is -0.328 e. The highest BCUT2D eigenvalue weighted by Gasteiger charge is 2.19. The molecule has 0 spiro atoms. The summed E-state index contributed by atoms with van der Waals surface area (Å²) in [7, 11) is 0. The average molecular weight is 254 g/mol. The third kappa shape index (κ3) is 4.50. The summed E-state index contributed by atoms with van der Waals surface area (Å²) in [6.07, 6.45) is 3.66. The molecule has 2 rings (SSSR count). The van der Waals surface area contributed by atoms with Crippen LogP contribution in [0.5, 0.6) is 0 Å². The zero-order chi connectivity index (χ0) is 12.8. The molecule has 0 aliphatic carbocycles. The maximum absolute atomic E-state index is 5.94. The zero-order valence-corrected chi connectivity index (χ0v) is 12.0. The molecule has 4 nitrogen and oxygen atoms in total. The van der Waals surface area contributed by atoms with Crippen molar-refractivity contribution in [2.24, 2.45) is 5.73 Å². The van der Waals surface area contributed by atoms with Gasteiger partial charge in [0.05, 0.1) is 0 Å². The monoisotopic (exact) mass is 254 g/mol. The Bertz CT molecular complexity index is 218. The van der Waals surface area contributed by atoms with Crippen LogP contribution in [-0.4, -0.2) is 79.6 Å². The van der Waals surface area contributed by atoms with Crippen molar-refractivity contribution in [3.05, 3.63) is 0 Å². The Morgan fingerprint density at radius 3 is 1.72 bits per heavy atom. The summed E-state index contributed by atoms with van der Waals surface area (Å²) in [5, 5.41) is 0. The van der Waals surface area contributed by atoms with Gasteiger partial charge in [-0.1, -0.05) is 6.92 Å². The maximum Gasteiger partial charge on any atom is 0.0110 e. The smallest absolute Gasteiger partial charge is 0.0110 e. The Balaban J connectivity index is 1.57. The lowest BCUT2D eigenvalue weighted by Crippen LogP contribution is -2.49. The Kier molecular flexibility index (Phi) is 5.89.